The fourth-order valence-corrected chi connectivity index (χ4v) is 3.78. The van der Waals surface area contributed by atoms with E-state index in [0.717, 1.165) is 16.7 Å². The van der Waals surface area contributed by atoms with E-state index < -0.39 is 12.1 Å². The number of carbonyl (C=O) groups is 1. The number of oxime groups is 1. The van der Waals surface area contributed by atoms with Crippen molar-refractivity contribution < 1.29 is 24.6 Å². The lowest BCUT2D eigenvalue weighted by Crippen LogP contribution is -2.17. The number of rotatable bonds is 10. The Hall–Kier alpha value is -3.52. The van der Waals surface area contributed by atoms with Gasteiger partial charge in [-0.2, -0.15) is 11.3 Å². The average Bonchev–Trinajstić information content (AvgIpc) is 3.29. The third-order valence-electron chi connectivity index (χ3n) is 4.75. The van der Waals surface area contributed by atoms with Gasteiger partial charge in [-0.05, 0) is 59.0 Å². The number of nitrogens with zero attached hydrogens (tertiary/aromatic N) is 1. The van der Waals surface area contributed by atoms with E-state index in [2.05, 4.69) is 5.16 Å². The molecule has 7 nitrogen and oxygen atoms in total. The third kappa shape index (κ3) is 5.99. The highest BCUT2D eigenvalue weighted by Gasteiger charge is 2.20. The van der Waals surface area contributed by atoms with E-state index in [1.807, 2.05) is 48.0 Å². The molecule has 0 bridgehead atoms. The van der Waals surface area contributed by atoms with Gasteiger partial charge in [0, 0.05) is 12.5 Å². The number of hydrogen-bond acceptors (Lipinski definition) is 6. The van der Waals surface area contributed by atoms with Crippen molar-refractivity contribution in [2.45, 2.75) is 32.5 Å². The molecule has 0 saturated heterocycles. The number of amidine groups is 1. The fraction of sp³-hybridized carbons (Fsp3) is 0.217. The Labute approximate surface area is 184 Å². The first-order valence-corrected chi connectivity index (χ1v) is 10.6. The molecule has 0 aliphatic rings. The first-order valence-electron chi connectivity index (χ1n) is 9.67. The summed E-state index contributed by atoms with van der Waals surface area (Å²) in [6.45, 7) is 2.34. The van der Waals surface area contributed by atoms with Crippen LogP contribution in [0.5, 0.6) is 11.5 Å². The van der Waals surface area contributed by atoms with Crippen molar-refractivity contribution in [1.82, 2.24) is 0 Å². The van der Waals surface area contributed by atoms with Gasteiger partial charge in [0.25, 0.3) is 0 Å². The number of aryl methyl sites for hydroxylation is 1. The van der Waals surface area contributed by atoms with Crippen molar-refractivity contribution in [2.75, 3.05) is 0 Å². The predicted molar refractivity (Wildman–Crippen MR) is 119 cm³/mol. The number of aliphatic carboxylic acids is 1. The van der Waals surface area contributed by atoms with Gasteiger partial charge in [0.05, 0.1) is 5.56 Å². The highest BCUT2D eigenvalue weighted by atomic mass is 32.1. The molecule has 3 rings (SSSR count). The number of ether oxygens (including phenoxy) is 2. The normalized spacial score (nSPS) is 12.4. The maximum absolute atomic E-state index is 11.2. The topological polar surface area (TPSA) is 114 Å². The molecule has 0 saturated carbocycles. The molecule has 0 radical (unpaired) electrons. The lowest BCUT2D eigenvalue weighted by Gasteiger charge is -2.23. The predicted octanol–water partition coefficient (Wildman–Crippen LogP) is 4.71. The molecule has 1 heterocycles. The number of benzene rings is 2. The molecule has 1 aromatic heterocycles. The zero-order chi connectivity index (χ0) is 22.2. The number of carboxylic acids is 1. The molecule has 0 spiro atoms. The number of carboxylic acid groups (broad SMARTS) is 1. The molecule has 3 aromatic rings. The molecule has 31 heavy (non-hydrogen) atoms. The first kappa shape index (κ1) is 22.2. The van der Waals surface area contributed by atoms with Crippen LogP contribution in [0.15, 0.2) is 64.4 Å². The molecule has 0 aliphatic heterocycles. The maximum Gasteiger partial charge on any atom is 0.303 e. The zero-order valence-electron chi connectivity index (χ0n) is 17.0. The van der Waals surface area contributed by atoms with Gasteiger partial charge in [-0.3, -0.25) is 4.79 Å². The molecule has 0 aliphatic carbocycles. The molecule has 1 atom stereocenters. The fourth-order valence-electron chi connectivity index (χ4n) is 3.13. The summed E-state index contributed by atoms with van der Waals surface area (Å²) in [5.74, 6) is -0.123. The Morgan fingerprint density at radius 1 is 1.23 bits per heavy atom. The Morgan fingerprint density at radius 3 is 2.71 bits per heavy atom. The third-order valence-corrected chi connectivity index (χ3v) is 5.48. The van der Waals surface area contributed by atoms with Gasteiger partial charge in [-0.25, -0.2) is 0 Å². The SMILES string of the molecule is Cc1ccccc1[C@@H](CCC(=O)O)Oc1cc(OCc2ccsc2)ccc1C(N)=NO. The van der Waals surface area contributed by atoms with Crippen molar-refractivity contribution in [1.29, 1.82) is 0 Å². The van der Waals surface area contributed by atoms with Crippen molar-refractivity contribution in [3.63, 3.8) is 0 Å². The summed E-state index contributed by atoms with van der Waals surface area (Å²) >= 11 is 1.59. The van der Waals surface area contributed by atoms with Crippen LogP contribution in [0.3, 0.4) is 0 Å². The van der Waals surface area contributed by atoms with E-state index in [4.69, 9.17) is 15.2 Å². The Morgan fingerprint density at radius 2 is 2.03 bits per heavy atom. The van der Waals surface area contributed by atoms with Crippen LogP contribution in [0.4, 0.5) is 0 Å². The Balaban J connectivity index is 1.92. The average molecular weight is 441 g/mol. The lowest BCUT2D eigenvalue weighted by atomic mass is 9.99. The van der Waals surface area contributed by atoms with Crippen LogP contribution in [-0.2, 0) is 11.4 Å². The lowest BCUT2D eigenvalue weighted by molar-refractivity contribution is -0.137. The highest BCUT2D eigenvalue weighted by Crippen LogP contribution is 2.33. The molecular formula is C23H24N2O5S. The molecule has 4 N–H and O–H groups in total. The minimum absolute atomic E-state index is 0.0632. The van der Waals surface area contributed by atoms with Crippen molar-refractivity contribution in [3.05, 3.63) is 81.5 Å². The van der Waals surface area contributed by atoms with E-state index >= 15 is 0 Å². The van der Waals surface area contributed by atoms with Gasteiger partial charge >= 0.3 is 5.97 Å². The maximum atomic E-state index is 11.2. The van der Waals surface area contributed by atoms with Crippen molar-refractivity contribution in [2.24, 2.45) is 10.9 Å². The van der Waals surface area contributed by atoms with Gasteiger partial charge in [0.2, 0.25) is 0 Å². The smallest absolute Gasteiger partial charge is 0.303 e. The molecule has 0 fully saturated rings. The minimum atomic E-state index is -0.910. The van der Waals surface area contributed by atoms with Crippen LogP contribution in [-0.4, -0.2) is 22.1 Å². The monoisotopic (exact) mass is 440 g/mol. The molecular weight excluding hydrogens is 416 g/mol. The first-order chi connectivity index (χ1) is 15.0. The molecule has 2 aromatic carbocycles. The van der Waals surface area contributed by atoms with Gasteiger partial charge in [0.1, 0.15) is 24.2 Å². The van der Waals surface area contributed by atoms with Crippen LogP contribution >= 0.6 is 11.3 Å². The van der Waals surface area contributed by atoms with Crippen LogP contribution in [0, 0.1) is 6.92 Å². The summed E-state index contributed by atoms with van der Waals surface area (Å²) in [5.41, 5.74) is 9.14. The second-order valence-electron chi connectivity index (χ2n) is 6.96. The second kappa shape index (κ2) is 10.5. The molecule has 0 amide bonds. The van der Waals surface area contributed by atoms with E-state index in [1.165, 1.54) is 0 Å². The van der Waals surface area contributed by atoms with Crippen molar-refractivity contribution in [3.8, 4) is 11.5 Å². The largest absolute Gasteiger partial charge is 0.489 e. The van der Waals surface area contributed by atoms with Crippen LogP contribution in [0.2, 0.25) is 0 Å². The summed E-state index contributed by atoms with van der Waals surface area (Å²) in [6, 6.07) is 14.7. The molecule has 8 heteroatoms. The van der Waals surface area contributed by atoms with Crippen LogP contribution in [0.1, 0.15) is 41.2 Å². The van der Waals surface area contributed by atoms with Crippen molar-refractivity contribution >= 4 is 23.1 Å². The highest BCUT2D eigenvalue weighted by molar-refractivity contribution is 7.07. The summed E-state index contributed by atoms with van der Waals surface area (Å²) < 4.78 is 12.1. The summed E-state index contributed by atoms with van der Waals surface area (Å²) in [7, 11) is 0. The summed E-state index contributed by atoms with van der Waals surface area (Å²) in [6.07, 6.45) is -0.336. The van der Waals surface area contributed by atoms with Gasteiger partial charge in [0.15, 0.2) is 5.84 Å². The van der Waals surface area contributed by atoms with Gasteiger partial charge < -0.3 is 25.5 Å². The van der Waals surface area contributed by atoms with E-state index in [9.17, 15) is 15.1 Å². The molecule has 0 unspecified atom stereocenters. The van der Waals surface area contributed by atoms with E-state index in [-0.39, 0.29) is 18.7 Å². The quantitative estimate of drug-likeness (QED) is 0.182. The second-order valence-corrected chi connectivity index (χ2v) is 7.74. The van der Waals surface area contributed by atoms with Gasteiger partial charge in [-0.15, -0.1) is 0 Å². The summed E-state index contributed by atoms with van der Waals surface area (Å²) in [4.78, 5) is 11.2. The molecule has 162 valence electrons. The summed E-state index contributed by atoms with van der Waals surface area (Å²) in [5, 5.41) is 25.4. The Kier molecular flexibility index (Phi) is 7.50. The number of thiophene rings is 1. The van der Waals surface area contributed by atoms with E-state index in [1.54, 1.807) is 29.5 Å². The van der Waals surface area contributed by atoms with Crippen LogP contribution in [0.25, 0.3) is 0 Å². The van der Waals surface area contributed by atoms with Crippen LogP contribution < -0.4 is 15.2 Å². The minimum Gasteiger partial charge on any atom is -0.489 e. The Bertz CT molecular complexity index is 1050. The standard InChI is InChI=1S/C23H24N2O5S/c1-15-4-2-3-5-18(15)20(8-9-22(26)27)30-21-12-17(6-7-19(21)23(24)25-28)29-13-16-10-11-31-14-16/h2-7,10-12,14,20,28H,8-9,13H2,1H3,(H2,24,25)(H,26,27)/t20-/m1/s1. The van der Waals surface area contributed by atoms with E-state index in [0.29, 0.717) is 23.7 Å². The zero-order valence-corrected chi connectivity index (χ0v) is 17.8. The number of nitrogens with two attached hydrogens (primary N) is 1. The number of hydrogen-bond donors (Lipinski definition) is 3. The van der Waals surface area contributed by atoms with Gasteiger partial charge in [-0.1, -0.05) is 29.4 Å².